The molecule has 0 rings (SSSR count). The molecule has 0 aliphatic rings. The van der Waals surface area contributed by atoms with Crippen molar-refractivity contribution in [2.45, 2.75) is 58.3 Å². The molecular formula is C22H36N4O6. The van der Waals surface area contributed by atoms with Crippen molar-refractivity contribution in [1.82, 2.24) is 10.6 Å². The SMILES string of the molecule is C=CC(C)(COC(=O)NCCCCCCN=C=O)COC(=O)NCCCCCCN=C=O. The van der Waals surface area contributed by atoms with Gasteiger partial charge in [0, 0.05) is 13.1 Å². The van der Waals surface area contributed by atoms with Gasteiger partial charge in [0.25, 0.3) is 0 Å². The Kier molecular flexibility index (Phi) is 18.1. The van der Waals surface area contributed by atoms with E-state index in [1.54, 1.807) is 13.0 Å². The van der Waals surface area contributed by atoms with Gasteiger partial charge in [0.05, 0.1) is 18.5 Å². The topological polar surface area (TPSA) is 136 Å². The van der Waals surface area contributed by atoms with Gasteiger partial charge in [-0.3, -0.25) is 0 Å². The van der Waals surface area contributed by atoms with Crippen molar-refractivity contribution >= 4 is 24.3 Å². The van der Waals surface area contributed by atoms with Crippen molar-refractivity contribution in [2.75, 3.05) is 39.4 Å². The van der Waals surface area contributed by atoms with Crippen molar-refractivity contribution in [3.05, 3.63) is 12.7 Å². The lowest BCUT2D eigenvalue weighted by atomic mass is 9.93. The Morgan fingerprint density at radius 1 is 0.812 bits per heavy atom. The van der Waals surface area contributed by atoms with Crippen molar-refractivity contribution in [2.24, 2.45) is 15.4 Å². The third kappa shape index (κ3) is 17.9. The molecule has 0 aromatic heterocycles. The fraction of sp³-hybridized carbons (Fsp3) is 0.727. The van der Waals surface area contributed by atoms with E-state index in [2.05, 4.69) is 27.2 Å². The van der Waals surface area contributed by atoms with Crippen LogP contribution in [0.25, 0.3) is 0 Å². The molecule has 0 saturated carbocycles. The van der Waals surface area contributed by atoms with Crippen LogP contribution >= 0.6 is 0 Å². The molecule has 0 fully saturated rings. The second-order valence-corrected chi connectivity index (χ2v) is 7.64. The summed E-state index contributed by atoms with van der Waals surface area (Å²) in [5.41, 5.74) is -0.702. The number of alkyl carbamates (subject to hydrolysis) is 2. The van der Waals surface area contributed by atoms with Gasteiger partial charge in [-0.2, -0.15) is 0 Å². The van der Waals surface area contributed by atoms with E-state index >= 15 is 0 Å². The second-order valence-electron chi connectivity index (χ2n) is 7.64. The number of rotatable bonds is 19. The quantitative estimate of drug-likeness (QED) is 0.133. The van der Waals surface area contributed by atoms with Crippen LogP contribution in [0, 0.1) is 5.41 Å². The van der Waals surface area contributed by atoms with E-state index in [4.69, 9.17) is 9.47 Å². The van der Waals surface area contributed by atoms with Crippen LogP contribution in [-0.2, 0) is 19.1 Å². The highest BCUT2D eigenvalue weighted by Gasteiger charge is 2.25. The normalized spacial score (nSPS) is 11.8. The Morgan fingerprint density at radius 3 is 1.59 bits per heavy atom. The van der Waals surface area contributed by atoms with Crippen molar-refractivity contribution in [3.8, 4) is 0 Å². The van der Waals surface area contributed by atoms with Crippen molar-refractivity contribution in [3.63, 3.8) is 0 Å². The number of ether oxygens (including phenoxy) is 2. The Bertz CT molecular complexity index is 594. The zero-order chi connectivity index (χ0) is 23.9. The maximum absolute atomic E-state index is 11.8. The van der Waals surface area contributed by atoms with E-state index in [0.717, 1.165) is 51.4 Å². The number of unbranched alkanes of at least 4 members (excludes halogenated alkanes) is 6. The molecule has 10 heteroatoms. The van der Waals surface area contributed by atoms with Crippen LogP contribution in [0.3, 0.4) is 0 Å². The molecule has 0 unspecified atom stereocenters. The predicted molar refractivity (Wildman–Crippen MR) is 120 cm³/mol. The summed E-state index contributed by atoms with van der Waals surface area (Å²) in [7, 11) is 0. The monoisotopic (exact) mass is 452 g/mol. The minimum absolute atomic E-state index is 0.0303. The molecule has 0 bridgehead atoms. The van der Waals surface area contributed by atoms with Gasteiger partial charge in [-0.25, -0.2) is 29.2 Å². The average Bonchev–Trinajstić information content (AvgIpc) is 2.80. The molecule has 0 aromatic rings. The van der Waals surface area contributed by atoms with Crippen molar-refractivity contribution in [1.29, 1.82) is 0 Å². The molecule has 0 aliphatic carbocycles. The van der Waals surface area contributed by atoms with Crippen LogP contribution in [0.15, 0.2) is 22.6 Å². The molecule has 2 N–H and O–H groups in total. The van der Waals surface area contributed by atoms with Gasteiger partial charge in [-0.15, -0.1) is 6.58 Å². The molecule has 32 heavy (non-hydrogen) atoms. The van der Waals surface area contributed by atoms with E-state index in [1.165, 1.54) is 12.2 Å². The number of carbonyl (C=O) groups is 2. The Balaban J connectivity index is 3.87. The zero-order valence-corrected chi connectivity index (χ0v) is 19.0. The molecular weight excluding hydrogens is 416 g/mol. The van der Waals surface area contributed by atoms with Crippen LogP contribution < -0.4 is 10.6 Å². The van der Waals surface area contributed by atoms with Crippen LogP contribution in [0.2, 0.25) is 0 Å². The number of aliphatic imine (C=N–C) groups is 2. The number of carbonyl (C=O) groups excluding carboxylic acids is 4. The van der Waals surface area contributed by atoms with Gasteiger partial charge in [0.1, 0.15) is 13.2 Å². The van der Waals surface area contributed by atoms with Crippen LogP contribution in [-0.4, -0.2) is 63.7 Å². The first-order chi connectivity index (χ1) is 15.5. The Hall–Kier alpha value is -2.96. The minimum Gasteiger partial charge on any atom is -0.449 e. The highest BCUT2D eigenvalue weighted by molar-refractivity contribution is 5.67. The average molecular weight is 453 g/mol. The summed E-state index contributed by atoms with van der Waals surface area (Å²) >= 11 is 0. The first-order valence-corrected chi connectivity index (χ1v) is 11.0. The summed E-state index contributed by atoms with van der Waals surface area (Å²) in [6, 6.07) is 0. The second kappa shape index (κ2) is 20.0. The summed E-state index contributed by atoms with van der Waals surface area (Å²) in [5, 5.41) is 5.35. The molecule has 0 aromatic carbocycles. The van der Waals surface area contributed by atoms with E-state index in [-0.39, 0.29) is 13.2 Å². The van der Waals surface area contributed by atoms with Gasteiger partial charge >= 0.3 is 12.2 Å². The maximum Gasteiger partial charge on any atom is 0.407 e. The molecule has 180 valence electrons. The summed E-state index contributed by atoms with van der Waals surface area (Å²) in [4.78, 5) is 50.5. The number of hydrogen-bond acceptors (Lipinski definition) is 8. The van der Waals surface area contributed by atoms with Gasteiger partial charge < -0.3 is 20.1 Å². The number of nitrogens with zero attached hydrogens (tertiary/aromatic N) is 2. The van der Waals surface area contributed by atoms with Crippen LogP contribution in [0.5, 0.6) is 0 Å². The molecule has 10 nitrogen and oxygen atoms in total. The first-order valence-electron chi connectivity index (χ1n) is 11.0. The Morgan fingerprint density at radius 2 is 1.22 bits per heavy atom. The van der Waals surface area contributed by atoms with Gasteiger partial charge in [0.15, 0.2) is 0 Å². The van der Waals surface area contributed by atoms with Crippen LogP contribution in [0.1, 0.15) is 58.3 Å². The first kappa shape index (κ1) is 29.0. The fourth-order valence-corrected chi connectivity index (χ4v) is 2.53. The van der Waals surface area contributed by atoms with E-state index in [9.17, 15) is 19.2 Å². The van der Waals surface area contributed by atoms with E-state index in [0.29, 0.717) is 26.2 Å². The summed E-state index contributed by atoms with van der Waals surface area (Å²) in [6.07, 6.45) is 10.4. The van der Waals surface area contributed by atoms with Gasteiger partial charge in [-0.05, 0) is 32.6 Å². The smallest absolute Gasteiger partial charge is 0.407 e. The summed E-state index contributed by atoms with van der Waals surface area (Å²) in [6.45, 7) is 7.53. The Labute approximate surface area is 189 Å². The summed E-state index contributed by atoms with van der Waals surface area (Å²) < 4.78 is 10.4. The molecule has 2 amide bonds. The van der Waals surface area contributed by atoms with Gasteiger partial charge in [-0.1, -0.05) is 31.8 Å². The number of isocyanates is 2. The number of hydrogen-bond donors (Lipinski definition) is 2. The minimum atomic E-state index is -0.702. The fourth-order valence-electron chi connectivity index (χ4n) is 2.53. The lowest BCUT2D eigenvalue weighted by Crippen LogP contribution is -2.35. The third-order valence-corrected chi connectivity index (χ3v) is 4.62. The van der Waals surface area contributed by atoms with Crippen LogP contribution in [0.4, 0.5) is 9.59 Å². The highest BCUT2D eigenvalue weighted by atomic mass is 16.6. The predicted octanol–water partition coefficient (Wildman–Crippen LogP) is 3.42. The number of nitrogens with one attached hydrogen (secondary N) is 2. The maximum atomic E-state index is 11.8. The molecule has 0 aliphatic heterocycles. The van der Waals surface area contributed by atoms with Crippen molar-refractivity contribution < 1.29 is 28.7 Å². The lowest BCUT2D eigenvalue weighted by Gasteiger charge is -2.24. The molecule has 0 spiro atoms. The highest BCUT2D eigenvalue weighted by Crippen LogP contribution is 2.19. The molecule has 0 atom stereocenters. The van der Waals surface area contributed by atoms with E-state index < -0.39 is 17.6 Å². The molecule has 0 radical (unpaired) electrons. The van der Waals surface area contributed by atoms with Gasteiger partial charge in [0.2, 0.25) is 12.2 Å². The molecule has 0 heterocycles. The third-order valence-electron chi connectivity index (χ3n) is 4.62. The summed E-state index contributed by atoms with van der Waals surface area (Å²) in [5.74, 6) is 0. The number of amides is 2. The largest absolute Gasteiger partial charge is 0.449 e. The lowest BCUT2D eigenvalue weighted by molar-refractivity contribution is 0.0611. The standard InChI is InChI=1S/C22H36N4O6/c1-3-22(2,16-31-20(29)25-14-10-6-4-8-12-23-18-27)17-32-21(30)26-15-11-7-5-9-13-24-19-28/h3H,1,4-17H2,2H3,(H,25,29)(H,26,30). The van der Waals surface area contributed by atoms with E-state index in [1.807, 2.05) is 0 Å². The zero-order valence-electron chi connectivity index (χ0n) is 19.0. The molecule has 0 saturated heterocycles.